The van der Waals surface area contributed by atoms with Gasteiger partial charge in [0, 0.05) is 38.3 Å². The monoisotopic (exact) mass is 295 g/mol. The van der Waals surface area contributed by atoms with Crippen LogP contribution in [0.5, 0.6) is 5.75 Å². The van der Waals surface area contributed by atoms with Crippen molar-refractivity contribution in [1.29, 1.82) is 0 Å². The van der Waals surface area contributed by atoms with Crippen LogP contribution in [0.15, 0.2) is 18.2 Å². The first-order valence-electron chi connectivity index (χ1n) is 7.20. The van der Waals surface area contributed by atoms with Crippen molar-refractivity contribution >= 4 is 5.91 Å². The highest BCUT2D eigenvalue weighted by atomic mass is 19.1. The van der Waals surface area contributed by atoms with Crippen LogP contribution in [0.1, 0.15) is 12.5 Å². The van der Waals surface area contributed by atoms with Gasteiger partial charge in [-0.3, -0.25) is 9.69 Å². The third-order valence-corrected chi connectivity index (χ3v) is 3.62. The number of piperazine rings is 1. The number of halogens is 1. The molecule has 1 saturated heterocycles. The molecule has 0 aliphatic carbocycles. The van der Waals surface area contributed by atoms with E-state index in [1.165, 1.54) is 12.1 Å². The SMILES string of the molecule is CCNC(=O)C1CNCCN1Cc1cc(F)ccc1OC. The topological polar surface area (TPSA) is 53.6 Å². The summed E-state index contributed by atoms with van der Waals surface area (Å²) >= 11 is 0. The second-order valence-electron chi connectivity index (χ2n) is 5.04. The minimum Gasteiger partial charge on any atom is -0.496 e. The van der Waals surface area contributed by atoms with Gasteiger partial charge in [0.25, 0.3) is 0 Å². The van der Waals surface area contributed by atoms with Gasteiger partial charge in [0.05, 0.1) is 7.11 Å². The van der Waals surface area contributed by atoms with E-state index in [2.05, 4.69) is 15.5 Å². The molecule has 1 aliphatic rings. The van der Waals surface area contributed by atoms with E-state index in [9.17, 15) is 9.18 Å². The van der Waals surface area contributed by atoms with Crippen molar-refractivity contribution in [3.05, 3.63) is 29.6 Å². The summed E-state index contributed by atoms with van der Waals surface area (Å²) in [5, 5.41) is 6.07. The van der Waals surface area contributed by atoms with E-state index in [1.807, 2.05) is 6.92 Å². The minimum atomic E-state index is -0.296. The van der Waals surface area contributed by atoms with E-state index >= 15 is 0 Å². The Morgan fingerprint density at radius 1 is 1.57 bits per heavy atom. The molecule has 1 fully saturated rings. The van der Waals surface area contributed by atoms with Crippen LogP contribution in [0.2, 0.25) is 0 Å². The highest BCUT2D eigenvalue weighted by Gasteiger charge is 2.28. The van der Waals surface area contributed by atoms with Crippen molar-refractivity contribution in [3.63, 3.8) is 0 Å². The number of nitrogens with zero attached hydrogens (tertiary/aromatic N) is 1. The van der Waals surface area contributed by atoms with E-state index in [1.54, 1.807) is 13.2 Å². The average Bonchev–Trinajstić information content (AvgIpc) is 2.48. The summed E-state index contributed by atoms with van der Waals surface area (Å²) in [6.45, 7) is 5.14. The number of rotatable bonds is 5. The number of carbonyl (C=O) groups is 1. The average molecular weight is 295 g/mol. The quantitative estimate of drug-likeness (QED) is 0.841. The summed E-state index contributed by atoms with van der Waals surface area (Å²) in [5.41, 5.74) is 0.758. The smallest absolute Gasteiger partial charge is 0.238 e. The molecule has 1 aromatic carbocycles. The third kappa shape index (κ3) is 3.92. The molecule has 0 saturated carbocycles. The molecule has 0 radical (unpaired) electrons. The lowest BCUT2D eigenvalue weighted by molar-refractivity contribution is -0.127. The van der Waals surface area contributed by atoms with Crippen molar-refractivity contribution in [1.82, 2.24) is 15.5 Å². The molecular formula is C15H22FN3O2. The molecule has 21 heavy (non-hydrogen) atoms. The van der Waals surface area contributed by atoms with Gasteiger partial charge in [-0.1, -0.05) is 0 Å². The van der Waals surface area contributed by atoms with Crippen LogP contribution in [-0.4, -0.2) is 50.1 Å². The predicted octanol–water partition coefficient (Wildman–Crippen LogP) is 0.744. The van der Waals surface area contributed by atoms with Crippen molar-refractivity contribution in [2.75, 3.05) is 33.3 Å². The summed E-state index contributed by atoms with van der Waals surface area (Å²) in [5.74, 6) is 0.347. The Morgan fingerprint density at radius 3 is 3.10 bits per heavy atom. The summed E-state index contributed by atoms with van der Waals surface area (Å²) in [6, 6.07) is 4.22. The van der Waals surface area contributed by atoms with Gasteiger partial charge in [-0.2, -0.15) is 0 Å². The molecule has 1 aromatic rings. The summed E-state index contributed by atoms with van der Waals surface area (Å²) in [6.07, 6.45) is 0. The Kier molecular flexibility index (Phi) is 5.52. The van der Waals surface area contributed by atoms with Crippen LogP contribution in [0, 0.1) is 5.82 Å². The van der Waals surface area contributed by atoms with Crippen molar-refractivity contribution in [2.24, 2.45) is 0 Å². The zero-order valence-electron chi connectivity index (χ0n) is 12.5. The van der Waals surface area contributed by atoms with Gasteiger partial charge in [-0.05, 0) is 25.1 Å². The van der Waals surface area contributed by atoms with Crippen LogP contribution in [0.3, 0.4) is 0 Å². The Bertz CT molecular complexity index is 496. The third-order valence-electron chi connectivity index (χ3n) is 3.62. The predicted molar refractivity (Wildman–Crippen MR) is 78.7 cm³/mol. The number of nitrogens with one attached hydrogen (secondary N) is 2. The van der Waals surface area contributed by atoms with E-state index in [0.717, 1.165) is 18.7 Å². The fourth-order valence-corrected chi connectivity index (χ4v) is 2.58. The molecular weight excluding hydrogens is 273 g/mol. The Labute approximate surface area is 124 Å². The van der Waals surface area contributed by atoms with Gasteiger partial charge in [-0.15, -0.1) is 0 Å². The van der Waals surface area contributed by atoms with Gasteiger partial charge in [0.15, 0.2) is 0 Å². The van der Waals surface area contributed by atoms with E-state index in [0.29, 0.717) is 25.4 Å². The van der Waals surface area contributed by atoms with Crippen molar-refractivity contribution in [2.45, 2.75) is 19.5 Å². The number of methoxy groups -OCH3 is 1. The largest absolute Gasteiger partial charge is 0.496 e. The van der Waals surface area contributed by atoms with Crippen LogP contribution in [0.25, 0.3) is 0 Å². The van der Waals surface area contributed by atoms with Crippen LogP contribution in [0.4, 0.5) is 4.39 Å². The number of likely N-dealkylation sites (N-methyl/N-ethyl adjacent to an activating group) is 1. The standard InChI is InChI=1S/C15H22FN3O2/c1-3-18-15(20)13-9-17-6-7-19(13)10-11-8-12(16)4-5-14(11)21-2/h4-5,8,13,17H,3,6-7,9-10H2,1-2H3,(H,18,20). The zero-order chi connectivity index (χ0) is 15.2. The second-order valence-corrected chi connectivity index (χ2v) is 5.04. The number of hydrogen-bond donors (Lipinski definition) is 2. The van der Waals surface area contributed by atoms with E-state index in [-0.39, 0.29) is 17.8 Å². The van der Waals surface area contributed by atoms with Gasteiger partial charge in [0.2, 0.25) is 5.91 Å². The molecule has 1 aliphatic heterocycles. The number of ether oxygens (including phenoxy) is 1. The normalized spacial score (nSPS) is 19.3. The molecule has 6 heteroatoms. The van der Waals surface area contributed by atoms with Crippen molar-refractivity contribution < 1.29 is 13.9 Å². The lowest BCUT2D eigenvalue weighted by Crippen LogP contribution is -2.57. The Balaban J connectivity index is 2.15. The number of hydrogen-bond acceptors (Lipinski definition) is 4. The lowest BCUT2D eigenvalue weighted by atomic mass is 10.1. The molecule has 1 amide bonds. The second kappa shape index (κ2) is 7.38. The molecule has 5 nitrogen and oxygen atoms in total. The lowest BCUT2D eigenvalue weighted by Gasteiger charge is -2.35. The molecule has 2 N–H and O–H groups in total. The van der Waals surface area contributed by atoms with Gasteiger partial charge < -0.3 is 15.4 Å². The van der Waals surface area contributed by atoms with Gasteiger partial charge in [0.1, 0.15) is 17.6 Å². The van der Waals surface area contributed by atoms with Crippen LogP contribution >= 0.6 is 0 Å². The number of carbonyl (C=O) groups excluding carboxylic acids is 1. The van der Waals surface area contributed by atoms with Crippen molar-refractivity contribution in [3.8, 4) is 5.75 Å². The zero-order valence-corrected chi connectivity index (χ0v) is 12.5. The summed E-state index contributed by atoms with van der Waals surface area (Å²) in [4.78, 5) is 14.2. The molecule has 1 unspecified atom stereocenters. The molecule has 0 bridgehead atoms. The van der Waals surface area contributed by atoms with Gasteiger partial charge >= 0.3 is 0 Å². The number of amides is 1. The van der Waals surface area contributed by atoms with Crippen LogP contribution in [-0.2, 0) is 11.3 Å². The number of benzene rings is 1. The van der Waals surface area contributed by atoms with E-state index < -0.39 is 0 Å². The maximum atomic E-state index is 13.4. The Morgan fingerprint density at radius 2 is 2.38 bits per heavy atom. The molecule has 2 rings (SSSR count). The first-order valence-corrected chi connectivity index (χ1v) is 7.20. The Hall–Kier alpha value is -1.66. The van der Waals surface area contributed by atoms with Crippen LogP contribution < -0.4 is 15.4 Å². The molecule has 1 atom stereocenters. The maximum Gasteiger partial charge on any atom is 0.238 e. The highest BCUT2D eigenvalue weighted by molar-refractivity contribution is 5.82. The molecule has 1 heterocycles. The summed E-state index contributed by atoms with van der Waals surface area (Å²) < 4.78 is 18.7. The molecule has 0 spiro atoms. The van der Waals surface area contributed by atoms with E-state index in [4.69, 9.17) is 4.74 Å². The highest BCUT2D eigenvalue weighted by Crippen LogP contribution is 2.22. The minimum absolute atomic E-state index is 0.0000647. The molecule has 116 valence electrons. The fraction of sp³-hybridized carbons (Fsp3) is 0.533. The first kappa shape index (κ1) is 15.7. The fourth-order valence-electron chi connectivity index (χ4n) is 2.58. The maximum absolute atomic E-state index is 13.4. The summed E-state index contributed by atoms with van der Waals surface area (Å²) in [7, 11) is 1.57. The molecule has 0 aromatic heterocycles. The first-order chi connectivity index (χ1) is 10.2. The van der Waals surface area contributed by atoms with Gasteiger partial charge in [-0.25, -0.2) is 4.39 Å².